The van der Waals surface area contributed by atoms with Gasteiger partial charge in [0.1, 0.15) is 0 Å². The van der Waals surface area contributed by atoms with E-state index in [1.807, 2.05) is 42.5 Å². The molecule has 1 amide bonds. The topological polar surface area (TPSA) is 86.5 Å². The number of benzene rings is 2. The second-order valence-corrected chi connectivity index (χ2v) is 7.50. The van der Waals surface area contributed by atoms with Crippen LogP contribution in [0.15, 0.2) is 51.8 Å². The molecule has 0 saturated heterocycles. The van der Waals surface area contributed by atoms with Gasteiger partial charge in [-0.3, -0.25) is 10.1 Å². The maximum absolute atomic E-state index is 12.2. The molecule has 0 atom stereocenters. The normalized spacial score (nSPS) is 12.2. The van der Waals surface area contributed by atoms with E-state index in [1.54, 1.807) is 11.8 Å². The monoisotopic (exact) mass is 397 g/mol. The van der Waals surface area contributed by atoms with Gasteiger partial charge in [-0.1, -0.05) is 30.2 Å². The third-order valence-corrected chi connectivity index (χ3v) is 5.00. The van der Waals surface area contributed by atoms with Crippen LogP contribution in [0.1, 0.15) is 23.9 Å². The minimum Gasteiger partial charge on any atom is -0.454 e. The summed E-state index contributed by atoms with van der Waals surface area (Å²) in [6, 6.07) is 13.7. The van der Waals surface area contributed by atoms with Gasteiger partial charge in [0.15, 0.2) is 11.5 Å². The average molecular weight is 397 g/mol. The second kappa shape index (κ2) is 8.35. The molecule has 7 nitrogen and oxygen atoms in total. The minimum atomic E-state index is -0.200. The van der Waals surface area contributed by atoms with Crippen molar-refractivity contribution in [2.45, 2.75) is 24.7 Å². The van der Waals surface area contributed by atoms with Crippen molar-refractivity contribution in [3.05, 3.63) is 59.5 Å². The van der Waals surface area contributed by atoms with Crippen molar-refractivity contribution >= 4 is 23.7 Å². The zero-order chi connectivity index (χ0) is 19.3. The lowest BCUT2D eigenvalue weighted by molar-refractivity contribution is -0.115. The smallest absolute Gasteiger partial charge is 0.322 e. The van der Waals surface area contributed by atoms with E-state index in [4.69, 9.17) is 13.9 Å². The van der Waals surface area contributed by atoms with Gasteiger partial charge in [-0.15, -0.1) is 16.9 Å². The average Bonchev–Trinajstić information content (AvgIpc) is 3.32. The van der Waals surface area contributed by atoms with E-state index in [0.29, 0.717) is 18.1 Å². The summed E-state index contributed by atoms with van der Waals surface area (Å²) < 4.78 is 16.2. The van der Waals surface area contributed by atoms with Gasteiger partial charge in [0.25, 0.3) is 0 Å². The largest absolute Gasteiger partial charge is 0.454 e. The Kier molecular flexibility index (Phi) is 5.48. The fraction of sp³-hybridized carbons (Fsp3) is 0.250. The van der Waals surface area contributed by atoms with E-state index < -0.39 is 0 Å². The molecule has 2 heterocycles. The van der Waals surface area contributed by atoms with Crippen molar-refractivity contribution < 1.29 is 18.7 Å². The molecular weight excluding hydrogens is 378 g/mol. The van der Waals surface area contributed by atoms with Gasteiger partial charge in [0.05, 0.1) is 12.8 Å². The lowest BCUT2D eigenvalue weighted by atomic mass is 10.1. The molecular formula is C20H19N3O4S. The molecule has 144 valence electrons. The SMILES string of the molecule is CCSc1ccc(CC(=O)Nc2nnc(Cc3ccc4c(c3)OCO4)o2)cc1. The first kappa shape index (κ1) is 18.4. The predicted molar refractivity (Wildman–Crippen MR) is 105 cm³/mol. The molecule has 0 bridgehead atoms. The van der Waals surface area contributed by atoms with Crippen LogP contribution in [0, 0.1) is 0 Å². The summed E-state index contributed by atoms with van der Waals surface area (Å²) >= 11 is 1.77. The van der Waals surface area contributed by atoms with Crippen LogP contribution in [-0.2, 0) is 17.6 Å². The van der Waals surface area contributed by atoms with Crippen molar-refractivity contribution in [2.75, 3.05) is 17.9 Å². The number of ether oxygens (including phenoxy) is 2. The molecule has 1 aliphatic heterocycles. The maximum Gasteiger partial charge on any atom is 0.322 e. The van der Waals surface area contributed by atoms with Gasteiger partial charge in [0, 0.05) is 4.90 Å². The summed E-state index contributed by atoms with van der Waals surface area (Å²) in [5.74, 6) is 2.66. The number of nitrogens with zero attached hydrogens (tertiary/aromatic N) is 2. The molecule has 0 radical (unpaired) electrons. The first-order valence-electron chi connectivity index (χ1n) is 8.92. The van der Waals surface area contributed by atoms with Gasteiger partial charge < -0.3 is 13.9 Å². The van der Waals surface area contributed by atoms with Crippen LogP contribution in [0.3, 0.4) is 0 Å². The predicted octanol–water partition coefficient (Wildman–Crippen LogP) is 3.68. The van der Waals surface area contributed by atoms with E-state index in [-0.39, 0.29) is 25.1 Å². The number of carbonyl (C=O) groups is 1. The first-order chi connectivity index (χ1) is 13.7. The highest BCUT2D eigenvalue weighted by Gasteiger charge is 2.15. The number of aromatic nitrogens is 2. The molecule has 0 fully saturated rings. The Balaban J connectivity index is 1.33. The van der Waals surface area contributed by atoms with Crippen molar-refractivity contribution in [1.82, 2.24) is 10.2 Å². The van der Waals surface area contributed by atoms with Crippen molar-refractivity contribution in [3.8, 4) is 11.5 Å². The Morgan fingerprint density at radius 3 is 2.68 bits per heavy atom. The highest BCUT2D eigenvalue weighted by Crippen LogP contribution is 2.33. The highest BCUT2D eigenvalue weighted by atomic mass is 32.2. The van der Waals surface area contributed by atoms with Gasteiger partial charge in [0.2, 0.25) is 18.6 Å². The van der Waals surface area contributed by atoms with Gasteiger partial charge >= 0.3 is 6.01 Å². The Hall–Kier alpha value is -3.00. The highest BCUT2D eigenvalue weighted by molar-refractivity contribution is 7.99. The van der Waals surface area contributed by atoms with Crippen LogP contribution in [0.25, 0.3) is 0 Å². The number of rotatable bonds is 7. The van der Waals surface area contributed by atoms with Gasteiger partial charge in [-0.25, -0.2) is 0 Å². The Bertz CT molecular complexity index is 972. The zero-order valence-corrected chi connectivity index (χ0v) is 16.1. The second-order valence-electron chi connectivity index (χ2n) is 6.17. The van der Waals surface area contributed by atoms with E-state index in [0.717, 1.165) is 22.6 Å². The Labute approximate surface area is 166 Å². The number of amides is 1. The first-order valence-corrected chi connectivity index (χ1v) is 9.90. The van der Waals surface area contributed by atoms with E-state index in [2.05, 4.69) is 22.4 Å². The molecule has 1 aromatic heterocycles. The van der Waals surface area contributed by atoms with E-state index in [9.17, 15) is 4.79 Å². The molecule has 1 aliphatic rings. The Morgan fingerprint density at radius 2 is 1.86 bits per heavy atom. The number of hydrogen-bond donors (Lipinski definition) is 1. The summed E-state index contributed by atoms with van der Waals surface area (Å²) in [5.41, 5.74) is 1.88. The lowest BCUT2D eigenvalue weighted by Gasteiger charge is -2.03. The summed E-state index contributed by atoms with van der Waals surface area (Å²) in [6.45, 7) is 2.34. The summed E-state index contributed by atoms with van der Waals surface area (Å²) in [7, 11) is 0. The van der Waals surface area contributed by atoms with Crippen LogP contribution in [-0.4, -0.2) is 28.7 Å². The minimum absolute atomic E-state index is 0.0962. The van der Waals surface area contributed by atoms with Crippen LogP contribution in [0.2, 0.25) is 0 Å². The number of nitrogens with one attached hydrogen (secondary N) is 1. The number of hydrogen-bond acceptors (Lipinski definition) is 7. The third-order valence-electron chi connectivity index (χ3n) is 4.10. The van der Waals surface area contributed by atoms with Crippen molar-refractivity contribution in [1.29, 1.82) is 0 Å². The zero-order valence-electron chi connectivity index (χ0n) is 15.3. The molecule has 0 spiro atoms. The number of carbonyl (C=O) groups excluding carboxylic acids is 1. The quantitative estimate of drug-likeness (QED) is 0.609. The molecule has 4 rings (SSSR count). The summed E-state index contributed by atoms with van der Waals surface area (Å²) in [5, 5.41) is 10.5. The fourth-order valence-electron chi connectivity index (χ4n) is 2.82. The molecule has 0 aliphatic carbocycles. The van der Waals surface area contributed by atoms with E-state index >= 15 is 0 Å². The molecule has 1 N–H and O–H groups in total. The standard InChI is InChI=1S/C20H19N3O4S/c1-2-28-15-6-3-13(4-7-15)10-18(24)21-20-23-22-19(27-20)11-14-5-8-16-17(9-14)26-12-25-16/h3-9H,2,10-12H2,1H3,(H,21,23,24). The lowest BCUT2D eigenvalue weighted by Crippen LogP contribution is -2.14. The van der Waals surface area contributed by atoms with Gasteiger partial charge in [-0.05, 0) is 41.1 Å². The van der Waals surface area contributed by atoms with Crippen molar-refractivity contribution in [3.63, 3.8) is 0 Å². The number of fused-ring (bicyclic) bond motifs is 1. The van der Waals surface area contributed by atoms with Crippen LogP contribution in [0.5, 0.6) is 11.5 Å². The van der Waals surface area contributed by atoms with Crippen molar-refractivity contribution in [2.24, 2.45) is 0 Å². The molecule has 8 heteroatoms. The van der Waals surface area contributed by atoms with Crippen LogP contribution in [0.4, 0.5) is 6.01 Å². The molecule has 0 saturated carbocycles. The molecule has 3 aromatic rings. The molecule has 2 aromatic carbocycles. The number of thioether (sulfide) groups is 1. The van der Waals surface area contributed by atoms with Crippen LogP contribution >= 0.6 is 11.8 Å². The fourth-order valence-corrected chi connectivity index (χ4v) is 3.48. The Morgan fingerprint density at radius 1 is 1.07 bits per heavy atom. The summed E-state index contributed by atoms with van der Waals surface area (Å²) in [4.78, 5) is 13.4. The van der Waals surface area contributed by atoms with E-state index in [1.165, 1.54) is 4.90 Å². The van der Waals surface area contributed by atoms with Gasteiger partial charge in [-0.2, -0.15) is 0 Å². The molecule has 0 unspecified atom stereocenters. The maximum atomic E-state index is 12.2. The third kappa shape index (κ3) is 4.45. The number of anilines is 1. The molecule has 28 heavy (non-hydrogen) atoms. The summed E-state index contributed by atoms with van der Waals surface area (Å²) in [6.07, 6.45) is 0.688. The van der Waals surface area contributed by atoms with Crippen LogP contribution < -0.4 is 14.8 Å².